The Morgan fingerprint density at radius 1 is 1.42 bits per heavy atom. The van der Waals surface area contributed by atoms with Crippen LogP contribution in [-0.4, -0.2) is 16.8 Å². The molecule has 1 saturated heterocycles. The van der Waals surface area contributed by atoms with Crippen LogP contribution in [0.1, 0.15) is 47.5 Å². The summed E-state index contributed by atoms with van der Waals surface area (Å²) in [5, 5.41) is 3.83. The lowest BCUT2D eigenvalue weighted by Gasteiger charge is -2.09. The van der Waals surface area contributed by atoms with Crippen molar-refractivity contribution in [2.24, 2.45) is 0 Å². The Labute approximate surface area is 119 Å². The van der Waals surface area contributed by atoms with Crippen molar-refractivity contribution in [2.45, 2.75) is 50.7 Å². The Morgan fingerprint density at radius 3 is 2.68 bits per heavy atom. The number of hydrogen-bond acceptors (Lipinski definition) is 4. The second-order valence-electron chi connectivity index (χ2n) is 4.86. The molecule has 7 heteroatoms. The molecular weight excluding hydrogens is 293 g/mol. The van der Waals surface area contributed by atoms with Crippen LogP contribution in [0.4, 0.5) is 13.2 Å². The molecule has 0 bridgehead atoms. The van der Waals surface area contributed by atoms with Gasteiger partial charge in [0, 0.05) is 12.6 Å². The second-order valence-corrected chi connectivity index (χ2v) is 7.28. The van der Waals surface area contributed by atoms with Gasteiger partial charge in [-0.1, -0.05) is 13.8 Å². The Balaban J connectivity index is 2.23. The molecule has 2 nitrogen and oxygen atoms in total. The normalized spacial score (nSPS) is 20.4. The average molecular weight is 310 g/mol. The summed E-state index contributed by atoms with van der Waals surface area (Å²) in [5.74, 6) is 1.02. The number of nitrogens with one attached hydrogen (secondary N) is 1. The summed E-state index contributed by atoms with van der Waals surface area (Å²) in [4.78, 5) is 4.18. The Kier molecular flexibility index (Phi) is 4.79. The summed E-state index contributed by atoms with van der Waals surface area (Å²) in [6.45, 7) is 4.08. The van der Waals surface area contributed by atoms with Crippen LogP contribution in [0.3, 0.4) is 0 Å². The summed E-state index contributed by atoms with van der Waals surface area (Å²) < 4.78 is 38.9. The minimum absolute atomic E-state index is 0.152. The molecular formula is C12H17F3N2S2. The van der Waals surface area contributed by atoms with Crippen molar-refractivity contribution in [3.05, 3.63) is 15.6 Å². The van der Waals surface area contributed by atoms with E-state index in [9.17, 15) is 13.2 Å². The SMILES string of the molecule is CC(C)NCc1sc(C2CCCS2)nc1C(F)(F)F. The third-order valence-corrected chi connectivity index (χ3v) is 5.56. The monoisotopic (exact) mass is 310 g/mol. The van der Waals surface area contributed by atoms with E-state index in [4.69, 9.17) is 0 Å². The lowest BCUT2D eigenvalue weighted by molar-refractivity contribution is -0.141. The van der Waals surface area contributed by atoms with Gasteiger partial charge in [0.25, 0.3) is 0 Å². The molecule has 0 aliphatic carbocycles. The molecule has 19 heavy (non-hydrogen) atoms. The van der Waals surface area contributed by atoms with Gasteiger partial charge in [-0.3, -0.25) is 0 Å². The number of alkyl halides is 3. The quantitative estimate of drug-likeness (QED) is 0.901. The van der Waals surface area contributed by atoms with E-state index in [1.807, 2.05) is 13.8 Å². The van der Waals surface area contributed by atoms with Gasteiger partial charge in [0.1, 0.15) is 5.01 Å². The zero-order chi connectivity index (χ0) is 14.0. The van der Waals surface area contributed by atoms with E-state index in [1.54, 1.807) is 11.8 Å². The molecule has 108 valence electrons. The topological polar surface area (TPSA) is 24.9 Å². The van der Waals surface area contributed by atoms with Crippen molar-refractivity contribution < 1.29 is 13.2 Å². The molecule has 2 heterocycles. The summed E-state index contributed by atoms with van der Waals surface area (Å²) in [6.07, 6.45) is -2.35. The Bertz CT molecular complexity index is 423. The smallest absolute Gasteiger partial charge is 0.310 e. The summed E-state index contributed by atoms with van der Waals surface area (Å²) in [5.41, 5.74) is -0.701. The zero-order valence-corrected chi connectivity index (χ0v) is 12.5. The molecule has 0 spiro atoms. The fourth-order valence-electron chi connectivity index (χ4n) is 1.92. The highest BCUT2D eigenvalue weighted by Crippen LogP contribution is 2.44. The first-order chi connectivity index (χ1) is 8.88. The van der Waals surface area contributed by atoms with Gasteiger partial charge in [0.15, 0.2) is 5.69 Å². The van der Waals surface area contributed by atoms with Crippen molar-refractivity contribution in [1.29, 1.82) is 0 Å². The molecule has 0 radical (unpaired) electrons. The number of thioether (sulfide) groups is 1. The van der Waals surface area contributed by atoms with E-state index in [0.717, 1.165) is 18.6 Å². The molecule has 1 aromatic rings. The predicted octanol–water partition coefficient (Wildman–Crippen LogP) is 4.23. The van der Waals surface area contributed by atoms with E-state index in [-0.39, 0.29) is 17.8 Å². The average Bonchev–Trinajstić information content (AvgIpc) is 2.94. The highest BCUT2D eigenvalue weighted by Gasteiger charge is 2.38. The first-order valence-electron chi connectivity index (χ1n) is 6.29. The van der Waals surface area contributed by atoms with Gasteiger partial charge < -0.3 is 5.32 Å². The molecule has 2 rings (SSSR count). The highest BCUT2D eigenvalue weighted by atomic mass is 32.2. The lowest BCUT2D eigenvalue weighted by atomic mass is 10.2. The third kappa shape index (κ3) is 3.86. The number of nitrogens with zero attached hydrogens (tertiary/aromatic N) is 1. The summed E-state index contributed by atoms with van der Waals surface area (Å²) >= 11 is 2.92. The zero-order valence-electron chi connectivity index (χ0n) is 10.9. The first kappa shape index (κ1) is 15.1. The molecule has 0 saturated carbocycles. The van der Waals surface area contributed by atoms with Crippen molar-refractivity contribution in [3.63, 3.8) is 0 Å². The van der Waals surface area contributed by atoms with Gasteiger partial charge in [-0.25, -0.2) is 4.98 Å². The minimum Gasteiger partial charge on any atom is -0.310 e. The van der Waals surface area contributed by atoms with Crippen molar-refractivity contribution in [1.82, 2.24) is 10.3 Å². The molecule has 0 aromatic carbocycles. The van der Waals surface area contributed by atoms with E-state index < -0.39 is 11.9 Å². The molecule has 1 aliphatic heterocycles. The number of thiazole rings is 1. The van der Waals surface area contributed by atoms with Gasteiger partial charge in [-0.15, -0.1) is 11.3 Å². The number of rotatable bonds is 4. The maximum absolute atomic E-state index is 13.0. The Morgan fingerprint density at radius 2 is 2.16 bits per heavy atom. The number of aromatic nitrogens is 1. The molecule has 1 unspecified atom stereocenters. The van der Waals surface area contributed by atoms with Crippen LogP contribution in [0.15, 0.2) is 0 Å². The molecule has 1 fully saturated rings. The van der Waals surface area contributed by atoms with Crippen molar-refractivity contribution >= 4 is 23.1 Å². The molecule has 1 N–H and O–H groups in total. The standard InChI is InChI=1S/C12H17F3N2S2/c1-7(2)16-6-9-10(12(13,14)15)17-11(19-9)8-4-3-5-18-8/h7-8,16H,3-6H2,1-2H3. The number of hydrogen-bond donors (Lipinski definition) is 1. The number of halogens is 3. The van der Waals surface area contributed by atoms with E-state index >= 15 is 0 Å². The highest BCUT2D eigenvalue weighted by molar-refractivity contribution is 7.99. The minimum atomic E-state index is -4.36. The van der Waals surface area contributed by atoms with Crippen LogP contribution in [0.5, 0.6) is 0 Å². The van der Waals surface area contributed by atoms with Crippen LogP contribution in [0.2, 0.25) is 0 Å². The van der Waals surface area contributed by atoms with E-state index in [0.29, 0.717) is 9.88 Å². The molecule has 1 aromatic heterocycles. The van der Waals surface area contributed by atoms with Gasteiger partial charge in [-0.05, 0) is 18.6 Å². The van der Waals surface area contributed by atoms with Crippen LogP contribution in [-0.2, 0) is 12.7 Å². The van der Waals surface area contributed by atoms with Crippen LogP contribution in [0.25, 0.3) is 0 Å². The fraction of sp³-hybridized carbons (Fsp3) is 0.750. The second kappa shape index (κ2) is 6.01. The van der Waals surface area contributed by atoms with E-state index in [1.165, 1.54) is 11.3 Å². The van der Waals surface area contributed by atoms with Crippen LogP contribution >= 0.6 is 23.1 Å². The molecule has 0 amide bonds. The maximum atomic E-state index is 13.0. The largest absolute Gasteiger partial charge is 0.434 e. The summed E-state index contributed by atoms with van der Waals surface area (Å²) in [6, 6.07) is 0.160. The van der Waals surface area contributed by atoms with Gasteiger partial charge >= 0.3 is 6.18 Å². The van der Waals surface area contributed by atoms with Gasteiger partial charge in [0.2, 0.25) is 0 Å². The van der Waals surface area contributed by atoms with Gasteiger partial charge in [0.05, 0.1) is 10.1 Å². The third-order valence-electron chi connectivity index (χ3n) is 2.86. The van der Waals surface area contributed by atoms with Crippen LogP contribution in [0, 0.1) is 0 Å². The predicted molar refractivity (Wildman–Crippen MR) is 73.5 cm³/mol. The van der Waals surface area contributed by atoms with E-state index in [2.05, 4.69) is 10.3 Å². The maximum Gasteiger partial charge on any atom is 0.434 e. The van der Waals surface area contributed by atoms with Crippen molar-refractivity contribution in [3.8, 4) is 0 Å². The Hall–Kier alpha value is -0.270. The van der Waals surface area contributed by atoms with Gasteiger partial charge in [-0.2, -0.15) is 24.9 Å². The molecule has 1 aliphatic rings. The van der Waals surface area contributed by atoms with Crippen LogP contribution < -0.4 is 5.32 Å². The molecule has 1 atom stereocenters. The summed E-state index contributed by atoms with van der Waals surface area (Å²) in [7, 11) is 0. The fourth-order valence-corrected chi connectivity index (χ4v) is 4.47. The first-order valence-corrected chi connectivity index (χ1v) is 8.16. The van der Waals surface area contributed by atoms with Crippen molar-refractivity contribution in [2.75, 3.05) is 5.75 Å². The lowest BCUT2D eigenvalue weighted by Crippen LogP contribution is -2.23.